The standard InChI is InChI=1S/C35H44N2O3/c1-35(2,3)29-20-17-26(18-21-29)19-22-33(38)37(25-28-13-10-16-31(23-28)40-4)32(24-27-11-6-5-7-12-27)34(39)36-30-14-8-9-15-30/h5-7,10-13,16-18,20-21,23,30,32H,8-9,14-15,19,22,24-25H2,1-4H3,(H,36,39)/t32-/m1/s1. The molecular formula is C35H44N2O3. The molecular weight excluding hydrogens is 496 g/mol. The molecule has 40 heavy (non-hydrogen) atoms. The first-order chi connectivity index (χ1) is 19.2. The van der Waals surface area contributed by atoms with Gasteiger partial charge in [0, 0.05) is 25.4 Å². The van der Waals surface area contributed by atoms with Crippen molar-refractivity contribution in [2.45, 2.75) is 89.8 Å². The normalized spacial score (nSPS) is 14.5. The van der Waals surface area contributed by atoms with Gasteiger partial charge in [-0.3, -0.25) is 9.59 Å². The van der Waals surface area contributed by atoms with Crippen molar-refractivity contribution in [3.63, 3.8) is 0 Å². The highest BCUT2D eigenvalue weighted by molar-refractivity contribution is 5.88. The van der Waals surface area contributed by atoms with Gasteiger partial charge in [0.2, 0.25) is 11.8 Å². The first-order valence-corrected chi connectivity index (χ1v) is 14.6. The number of aryl methyl sites for hydroxylation is 1. The first kappa shape index (κ1) is 29.4. The van der Waals surface area contributed by atoms with Gasteiger partial charge >= 0.3 is 0 Å². The van der Waals surface area contributed by atoms with E-state index in [9.17, 15) is 9.59 Å². The Morgan fingerprint density at radius 3 is 2.23 bits per heavy atom. The lowest BCUT2D eigenvalue weighted by molar-refractivity contribution is -0.141. The minimum atomic E-state index is -0.607. The zero-order valence-electron chi connectivity index (χ0n) is 24.5. The second-order valence-electron chi connectivity index (χ2n) is 12.0. The van der Waals surface area contributed by atoms with Gasteiger partial charge in [0.25, 0.3) is 0 Å². The fraction of sp³-hybridized carbons (Fsp3) is 0.429. The molecule has 212 valence electrons. The summed E-state index contributed by atoms with van der Waals surface area (Å²) in [6.07, 6.45) is 5.69. The highest BCUT2D eigenvalue weighted by Gasteiger charge is 2.32. The first-order valence-electron chi connectivity index (χ1n) is 14.6. The van der Waals surface area contributed by atoms with Gasteiger partial charge in [-0.25, -0.2) is 0 Å². The van der Waals surface area contributed by atoms with Crippen molar-refractivity contribution in [1.82, 2.24) is 10.2 Å². The minimum Gasteiger partial charge on any atom is -0.497 e. The van der Waals surface area contributed by atoms with Crippen molar-refractivity contribution in [3.05, 3.63) is 101 Å². The van der Waals surface area contributed by atoms with Crippen LogP contribution in [0.3, 0.4) is 0 Å². The van der Waals surface area contributed by atoms with E-state index in [0.29, 0.717) is 25.8 Å². The number of amides is 2. The molecule has 1 N–H and O–H groups in total. The Morgan fingerprint density at radius 2 is 1.57 bits per heavy atom. The van der Waals surface area contributed by atoms with Crippen LogP contribution in [0.1, 0.15) is 75.1 Å². The maximum Gasteiger partial charge on any atom is 0.243 e. The molecule has 0 aliphatic heterocycles. The van der Waals surface area contributed by atoms with Crippen molar-refractivity contribution in [3.8, 4) is 5.75 Å². The average Bonchev–Trinajstić information content (AvgIpc) is 3.47. The SMILES string of the molecule is COc1cccc(CN(C(=O)CCc2ccc(C(C)(C)C)cc2)[C@H](Cc2ccccc2)C(=O)NC2CCCC2)c1. The molecule has 0 radical (unpaired) electrons. The van der Waals surface area contributed by atoms with Crippen molar-refractivity contribution < 1.29 is 14.3 Å². The van der Waals surface area contributed by atoms with Crippen LogP contribution in [0, 0.1) is 0 Å². The number of carbonyl (C=O) groups is 2. The molecule has 2 amide bonds. The van der Waals surface area contributed by atoms with E-state index in [1.807, 2.05) is 54.6 Å². The summed E-state index contributed by atoms with van der Waals surface area (Å²) < 4.78 is 5.45. The van der Waals surface area contributed by atoms with Crippen LogP contribution in [-0.2, 0) is 34.4 Å². The maximum atomic E-state index is 14.0. The summed E-state index contributed by atoms with van der Waals surface area (Å²) in [6, 6.07) is 25.9. The van der Waals surface area contributed by atoms with Gasteiger partial charge in [0.1, 0.15) is 11.8 Å². The Bertz CT molecular complexity index is 1240. The second kappa shape index (κ2) is 13.6. The third-order valence-electron chi connectivity index (χ3n) is 7.91. The van der Waals surface area contributed by atoms with Crippen molar-refractivity contribution >= 4 is 11.8 Å². The summed E-state index contributed by atoms with van der Waals surface area (Å²) in [6.45, 7) is 6.94. The minimum absolute atomic E-state index is 0.0229. The lowest BCUT2D eigenvalue weighted by atomic mass is 9.86. The van der Waals surface area contributed by atoms with E-state index in [0.717, 1.165) is 48.1 Å². The van der Waals surface area contributed by atoms with Crippen LogP contribution >= 0.6 is 0 Å². The summed E-state index contributed by atoms with van der Waals surface area (Å²) in [5.41, 5.74) is 4.45. The van der Waals surface area contributed by atoms with Crippen LogP contribution in [0.15, 0.2) is 78.9 Å². The Hall–Kier alpha value is -3.60. The van der Waals surface area contributed by atoms with Crippen LogP contribution < -0.4 is 10.1 Å². The topological polar surface area (TPSA) is 58.6 Å². The predicted molar refractivity (Wildman–Crippen MR) is 161 cm³/mol. The number of hydrogen-bond acceptors (Lipinski definition) is 3. The van der Waals surface area contributed by atoms with Gasteiger partial charge in [-0.2, -0.15) is 0 Å². The average molecular weight is 541 g/mol. The summed E-state index contributed by atoms with van der Waals surface area (Å²) in [7, 11) is 1.64. The van der Waals surface area contributed by atoms with E-state index in [1.54, 1.807) is 12.0 Å². The predicted octanol–water partition coefficient (Wildman–Crippen LogP) is 6.62. The van der Waals surface area contributed by atoms with Gasteiger partial charge < -0.3 is 15.0 Å². The zero-order valence-corrected chi connectivity index (χ0v) is 24.5. The quantitative estimate of drug-likeness (QED) is 0.297. The molecule has 0 unspecified atom stereocenters. The van der Waals surface area contributed by atoms with Crippen LogP contribution in [0.25, 0.3) is 0 Å². The van der Waals surface area contributed by atoms with Gasteiger partial charge in [0.15, 0.2) is 0 Å². The third kappa shape index (κ3) is 8.20. The maximum absolute atomic E-state index is 14.0. The Morgan fingerprint density at radius 1 is 0.900 bits per heavy atom. The number of rotatable bonds is 11. The smallest absolute Gasteiger partial charge is 0.243 e. The van der Waals surface area contributed by atoms with Crippen molar-refractivity contribution in [2.75, 3.05) is 7.11 Å². The van der Waals surface area contributed by atoms with Crippen LogP contribution in [0.5, 0.6) is 5.75 Å². The lowest BCUT2D eigenvalue weighted by Gasteiger charge is -2.32. The molecule has 5 heteroatoms. The van der Waals surface area contributed by atoms with Crippen molar-refractivity contribution in [2.24, 2.45) is 0 Å². The Kier molecular flexibility index (Phi) is 10.0. The third-order valence-corrected chi connectivity index (χ3v) is 7.91. The largest absolute Gasteiger partial charge is 0.497 e. The van der Waals surface area contributed by atoms with E-state index in [2.05, 4.69) is 50.4 Å². The summed E-state index contributed by atoms with van der Waals surface area (Å²) in [4.78, 5) is 29.6. The number of benzene rings is 3. The summed E-state index contributed by atoms with van der Waals surface area (Å²) >= 11 is 0. The number of nitrogens with zero attached hydrogens (tertiary/aromatic N) is 1. The number of carbonyl (C=O) groups excluding carboxylic acids is 2. The monoisotopic (exact) mass is 540 g/mol. The van der Waals surface area contributed by atoms with Crippen molar-refractivity contribution in [1.29, 1.82) is 0 Å². The molecule has 1 aliphatic rings. The number of ether oxygens (including phenoxy) is 1. The molecule has 0 saturated heterocycles. The molecule has 4 rings (SSSR count). The summed E-state index contributed by atoms with van der Waals surface area (Å²) in [5.74, 6) is 0.644. The van der Waals surface area contributed by atoms with E-state index >= 15 is 0 Å². The molecule has 1 aliphatic carbocycles. The summed E-state index contributed by atoms with van der Waals surface area (Å²) in [5, 5.41) is 3.28. The molecule has 3 aromatic rings. The molecule has 0 aromatic heterocycles. The molecule has 1 saturated carbocycles. The molecule has 0 bridgehead atoms. The van der Waals surface area contributed by atoms with Gasteiger partial charge in [0.05, 0.1) is 7.11 Å². The molecule has 0 spiro atoms. The molecule has 5 nitrogen and oxygen atoms in total. The Labute approximate surface area is 239 Å². The molecule has 3 aromatic carbocycles. The fourth-order valence-electron chi connectivity index (χ4n) is 5.46. The van der Waals surface area contributed by atoms with Gasteiger partial charge in [-0.1, -0.05) is 100 Å². The van der Waals surface area contributed by atoms with E-state index in [4.69, 9.17) is 4.74 Å². The highest BCUT2D eigenvalue weighted by Crippen LogP contribution is 2.24. The number of nitrogens with one attached hydrogen (secondary N) is 1. The zero-order chi connectivity index (χ0) is 28.5. The number of hydrogen-bond donors (Lipinski definition) is 1. The molecule has 1 fully saturated rings. The highest BCUT2D eigenvalue weighted by atomic mass is 16.5. The van der Waals surface area contributed by atoms with Gasteiger partial charge in [-0.15, -0.1) is 0 Å². The van der Waals surface area contributed by atoms with E-state index in [1.165, 1.54) is 5.56 Å². The fourth-order valence-corrected chi connectivity index (χ4v) is 5.46. The second-order valence-corrected chi connectivity index (χ2v) is 12.0. The van der Waals surface area contributed by atoms with Crippen LogP contribution in [0.4, 0.5) is 0 Å². The molecule has 0 heterocycles. The van der Waals surface area contributed by atoms with Gasteiger partial charge in [-0.05, 0) is 59.1 Å². The lowest BCUT2D eigenvalue weighted by Crippen LogP contribution is -2.52. The van der Waals surface area contributed by atoms with E-state index in [-0.39, 0.29) is 23.3 Å². The molecule has 1 atom stereocenters. The Balaban J connectivity index is 1.60. The van der Waals surface area contributed by atoms with Crippen LogP contribution in [0.2, 0.25) is 0 Å². The van der Waals surface area contributed by atoms with Crippen LogP contribution in [-0.4, -0.2) is 35.9 Å². The number of methoxy groups -OCH3 is 1. The van der Waals surface area contributed by atoms with E-state index < -0.39 is 6.04 Å².